The Balaban J connectivity index is 1.31. The fourth-order valence-corrected chi connectivity index (χ4v) is 3.73. The first kappa shape index (κ1) is 18.9. The van der Waals surface area contributed by atoms with Gasteiger partial charge in [0.15, 0.2) is 6.61 Å². The molecule has 4 heterocycles. The van der Waals surface area contributed by atoms with Crippen LogP contribution in [0, 0.1) is 0 Å². The van der Waals surface area contributed by atoms with E-state index < -0.39 is 0 Å². The molecule has 3 aliphatic heterocycles. The third kappa shape index (κ3) is 3.96. The Labute approximate surface area is 174 Å². The molecular weight excluding hydrogens is 386 g/mol. The number of hydrogen-bond acceptors (Lipinski definition) is 8. The van der Waals surface area contributed by atoms with Crippen molar-refractivity contribution < 1.29 is 23.4 Å². The quantitative estimate of drug-likeness (QED) is 0.751. The van der Waals surface area contributed by atoms with E-state index in [0.29, 0.717) is 50.6 Å². The highest BCUT2D eigenvalue weighted by Gasteiger charge is 2.27. The summed E-state index contributed by atoms with van der Waals surface area (Å²) in [7, 11) is 0. The zero-order valence-electron chi connectivity index (χ0n) is 16.6. The van der Waals surface area contributed by atoms with E-state index in [9.17, 15) is 0 Å². The van der Waals surface area contributed by atoms with Crippen LogP contribution < -0.4 is 4.74 Å². The SMILES string of the molecule is C=C1N=C(OCC2COCCO2)C=C2c3ccc(OCc4ncco4)cc3CCN12. The number of fused-ring (bicyclic) bond motifs is 3. The summed E-state index contributed by atoms with van der Waals surface area (Å²) in [6.45, 7) is 7.38. The standard InChI is InChI=1S/C22H23N3O5/c1-15-24-21(30-13-18-12-26-8-9-27-18)11-20-19-3-2-17(10-16(19)4-6-25(15)20)29-14-22-23-5-7-28-22/h2-3,5,7,10-11,18H,1,4,6,8-9,12-14H2. The van der Waals surface area contributed by atoms with Gasteiger partial charge in [-0.25, -0.2) is 4.98 Å². The number of ether oxygens (including phenoxy) is 4. The molecule has 8 heteroatoms. The van der Waals surface area contributed by atoms with Crippen molar-refractivity contribution in [3.8, 4) is 5.75 Å². The zero-order valence-corrected chi connectivity index (χ0v) is 16.6. The smallest absolute Gasteiger partial charge is 0.232 e. The lowest BCUT2D eigenvalue weighted by atomic mass is 9.95. The first-order valence-corrected chi connectivity index (χ1v) is 10.00. The van der Waals surface area contributed by atoms with Gasteiger partial charge < -0.3 is 28.3 Å². The first-order chi connectivity index (χ1) is 14.8. The minimum Gasteiger partial charge on any atom is -0.484 e. The van der Waals surface area contributed by atoms with Crippen molar-refractivity contribution in [2.45, 2.75) is 19.1 Å². The molecule has 2 aromatic rings. The van der Waals surface area contributed by atoms with Crippen LogP contribution in [0.3, 0.4) is 0 Å². The van der Waals surface area contributed by atoms with E-state index in [2.05, 4.69) is 33.6 Å². The molecule has 1 aromatic carbocycles. The van der Waals surface area contributed by atoms with Crippen molar-refractivity contribution in [2.24, 2.45) is 4.99 Å². The number of rotatable bonds is 5. The largest absolute Gasteiger partial charge is 0.484 e. The van der Waals surface area contributed by atoms with E-state index in [1.165, 1.54) is 11.8 Å². The average Bonchev–Trinajstić information content (AvgIpc) is 3.30. The Bertz CT molecular complexity index is 977. The molecule has 0 spiro atoms. The molecule has 8 nitrogen and oxygen atoms in total. The Morgan fingerprint density at radius 3 is 3.03 bits per heavy atom. The molecule has 1 atom stereocenters. The molecule has 0 bridgehead atoms. The van der Waals surface area contributed by atoms with E-state index in [4.69, 9.17) is 23.4 Å². The highest BCUT2D eigenvalue weighted by atomic mass is 16.6. The molecule has 3 aliphatic rings. The fraction of sp³-hybridized carbons (Fsp3) is 0.364. The average molecular weight is 409 g/mol. The van der Waals surface area contributed by atoms with Crippen molar-refractivity contribution in [3.05, 3.63) is 66.2 Å². The van der Waals surface area contributed by atoms with Gasteiger partial charge >= 0.3 is 0 Å². The number of aliphatic imine (C=N–C) groups is 1. The maximum absolute atomic E-state index is 5.90. The van der Waals surface area contributed by atoms with E-state index in [-0.39, 0.29) is 6.10 Å². The monoisotopic (exact) mass is 409 g/mol. The van der Waals surface area contributed by atoms with Gasteiger partial charge in [-0.3, -0.25) is 0 Å². The van der Waals surface area contributed by atoms with E-state index >= 15 is 0 Å². The molecule has 0 amide bonds. The second kappa shape index (κ2) is 8.33. The van der Waals surface area contributed by atoms with Crippen molar-refractivity contribution in [1.29, 1.82) is 0 Å². The van der Waals surface area contributed by atoms with Gasteiger partial charge in [-0.1, -0.05) is 6.58 Å². The van der Waals surface area contributed by atoms with Crippen LogP contribution in [-0.2, 0) is 27.2 Å². The zero-order chi connectivity index (χ0) is 20.3. The molecule has 30 heavy (non-hydrogen) atoms. The summed E-state index contributed by atoms with van der Waals surface area (Å²) in [6, 6.07) is 6.08. The number of oxazole rings is 1. The van der Waals surface area contributed by atoms with Crippen LogP contribution in [0.5, 0.6) is 5.75 Å². The third-order valence-corrected chi connectivity index (χ3v) is 5.21. The van der Waals surface area contributed by atoms with Crippen molar-refractivity contribution in [1.82, 2.24) is 9.88 Å². The van der Waals surface area contributed by atoms with Crippen molar-refractivity contribution >= 4 is 11.6 Å². The van der Waals surface area contributed by atoms with Gasteiger partial charge in [0.2, 0.25) is 11.8 Å². The maximum atomic E-state index is 5.90. The summed E-state index contributed by atoms with van der Waals surface area (Å²) in [5.74, 6) is 2.56. The molecule has 0 aliphatic carbocycles. The maximum Gasteiger partial charge on any atom is 0.232 e. The van der Waals surface area contributed by atoms with Crippen LogP contribution in [0.4, 0.5) is 0 Å². The lowest BCUT2D eigenvalue weighted by Crippen LogP contribution is -2.35. The predicted molar refractivity (Wildman–Crippen MR) is 109 cm³/mol. The Kier molecular flexibility index (Phi) is 5.25. The summed E-state index contributed by atoms with van der Waals surface area (Å²) in [5.41, 5.74) is 3.37. The van der Waals surface area contributed by atoms with Gasteiger partial charge in [0, 0.05) is 18.2 Å². The second-order valence-electron chi connectivity index (χ2n) is 7.21. The number of hydrogen-bond donors (Lipinski definition) is 0. The minimum atomic E-state index is -0.0758. The highest BCUT2D eigenvalue weighted by Crippen LogP contribution is 2.35. The predicted octanol–water partition coefficient (Wildman–Crippen LogP) is 2.77. The Morgan fingerprint density at radius 2 is 2.20 bits per heavy atom. The molecule has 1 unspecified atom stereocenters. The summed E-state index contributed by atoms with van der Waals surface area (Å²) >= 11 is 0. The van der Waals surface area contributed by atoms with Gasteiger partial charge in [-0.2, -0.15) is 4.99 Å². The van der Waals surface area contributed by atoms with Crippen LogP contribution in [0.25, 0.3) is 5.70 Å². The number of nitrogens with zero attached hydrogens (tertiary/aromatic N) is 3. The van der Waals surface area contributed by atoms with Crippen molar-refractivity contribution in [2.75, 3.05) is 33.0 Å². The minimum absolute atomic E-state index is 0.0758. The molecule has 156 valence electrons. The molecular formula is C22H23N3O5. The number of benzene rings is 1. The fourth-order valence-electron chi connectivity index (χ4n) is 3.73. The Morgan fingerprint density at radius 1 is 1.23 bits per heavy atom. The molecule has 1 saturated heterocycles. The van der Waals surface area contributed by atoms with Crippen LogP contribution >= 0.6 is 0 Å². The van der Waals surface area contributed by atoms with E-state index in [1.54, 1.807) is 6.20 Å². The number of aromatic nitrogens is 1. The summed E-state index contributed by atoms with van der Waals surface area (Å²) in [6.07, 6.45) is 5.91. The molecule has 1 aromatic heterocycles. The van der Waals surface area contributed by atoms with E-state index in [0.717, 1.165) is 30.0 Å². The van der Waals surface area contributed by atoms with Gasteiger partial charge in [0.05, 0.1) is 31.7 Å². The summed E-state index contributed by atoms with van der Waals surface area (Å²) in [4.78, 5) is 10.7. The topological polar surface area (TPSA) is 78.5 Å². The highest BCUT2D eigenvalue weighted by molar-refractivity contribution is 5.98. The van der Waals surface area contributed by atoms with Crippen LogP contribution in [-0.4, -0.2) is 54.9 Å². The van der Waals surface area contributed by atoms with Crippen LogP contribution in [0.15, 0.2) is 58.5 Å². The first-order valence-electron chi connectivity index (χ1n) is 10.00. The van der Waals surface area contributed by atoms with E-state index in [1.807, 2.05) is 12.1 Å². The third-order valence-electron chi connectivity index (χ3n) is 5.21. The summed E-state index contributed by atoms with van der Waals surface area (Å²) in [5, 5.41) is 0. The van der Waals surface area contributed by atoms with Gasteiger partial charge in [0.1, 0.15) is 30.5 Å². The van der Waals surface area contributed by atoms with Gasteiger partial charge in [-0.15, -0.1) is 0 Å². The lowest BCUT2D eigenvalue weighted by molar-refractivity contribution is -0.103. The Hall–Kier alpha value is -3.10. The van der Waals surface area contributed by atoms with Gasteiger partial charge in [0.25, 0.3) is 0 Å². The lowest BCUT2D eigenvalue weighted by Gasteiger charge is -2.35. The molecule has 1 fully saturated rings. The van der Waals surface area contributed by atoms with Crippen LogP contribution in [0.2, 0.25) is 0 Å². The van der Waals surface area contributed by atoms with Gasteiger partial charge in [-0.05, 0) is 30.2 Å². The molecule has 0 N–H and O–H groups in total. The molecule has 0 radical (unpaired) electrons. The summed E-state index contributed by atoms with van der Waals surface area (Å²) < 4.78 is 28.0. The normalized spacial score (nSPS) is 20.7. The molecule has 5 rings (SSSR count). The molecule has 0 saturated carbocycles. The second-order valence-corrected chi connectivity index (χ2v) is 7.21. The van der Waals surface area contributed by atoms with Crippen LogP contribution in [0.1, 0.15) is 17.0 Å². The van der Waals surface area contributed by atoms with Crippen molar-refractivity contribution in [3.63, 3.8) is 0 Å².